The van der Waals surface area contributed by atoms with Crippen LogP contribution in [-0.2, 0) is 14.4 Å². The molecule has 3 rings (SSSR count). The van der Waals surface area contributed by atoms with E-state index in [0.717, 1.165) is 11.1 Å². The van der Waals surface area contributed by atoms with Gasteiger partial charge in [0.05, 0.1) is 6.04 Å². The number of halogens is 1. The van der Waals surface area contributed by atoms with Crippen LogP contribution in [0.5, 0.6) is 0 Å². The van der Waals surface area contributed by atoms with Crippen molar-refractivity contribution in [1.82, 2.24) is 15.5 Å². The Balaban J connectivity index is 0.00000385. The monoisotopic (exact) mass is 477 g/mol. The third kappa shape index (κ3) is 6.45. The number of urea groups is 1. The van der Waals surface area contributed by atoms with Crippen molar-refractivity contribution in [2.75, 3.05) is 7.05 Å². The van der Waals surface area contributed by atoms with Crippen molar-refractivity contribution >= 4 is 35.3 Å². The predicted octanol–water partition coefficient (Wildman–Crippen LogP) is -1.20. The summed E-state index contributed by atoms with van der Waals surface area (Å²) in [6.07, 6.45) is 0.880. The predicted molar refractivity (Wildman–Crippen MR) is 116 cm³/mol. The molecular formula is C23H21ClN3NaO5. The molecular weight excluding hydrogens is 457 g/mol. The summed E-state index contributed by atoms with van der Waals surface area (Å²) >= 11 is 6.26. The fraction of sp³-hybridized carbons (Fsp3) is 0.217. The number of carbonyl (C=O) groups excluding carboxylic acids is 4. The number of carboxylic acid groups (broad SMARTS) is 1. The molecule has 2 aromatic rings. The molecule has 0 fully saturated rings. The van der Waals surface area contributed by atoms with Crippen molar-refractivity contribution in [3.05, 3.63) is 70.9 Å². The zero-order valence-electron chi connectivity index (χ0n) is 18.4. The summed E-state index contributed by atoms with van der Waals surface area (Å²) in [4.78, 5) is 49.7. The van der Waals surface area contributed by atoms with Crippen LogP contribution in [0, 0.1) is 0 Å². The maximum Gasteiger partial charge on any atom is 1.00 e. The van der Waals surface area contributed by atoms with E-state index in [1.54, 1.807) is 30.3 Å². The SMILES string of the molecule is CC1=CN(C)C(=O)C(NC(=O)NC(CC(=O)[O-])c2cccc(-c3ccccc3Cl)c2)C1=O.[Na+]. The molecule has 2 aromatic carbocycles. The van der Waals surface area contributed by atoms with E-state index in [0.29, 0.717) is 16.2 Å². The number of nitrogens with one attached hydrogen (secondary N) is 2. The van der Waals surface area contributed by atoms with E-state index in [-0.39, 0.29) is 29.6 Å². The molecule has 0 spiro atoms. The molecule has 1 aliphatic rings. The molecule has 33 heavy (non-hydrogen) atoms. The third-order valence-electron chi connectivity index (χ3n) is 5.06. The first kappa shape index (κ1) is 26.6. The topological polar surface area (TPSA) is 119 Å². The van der Waals surface area contributed by atoms with E-state index >= 15 is 0 Å². The van der Waals surface area contributed by atoms with Gasteiger partial charge in [0.1, 0.15) is 0 Å². The van der Waals surface area contributed by atoms with Crippen molar-refractivity contribution in [3.8, 4) is 11.1 Å². The molecule has 2 unspecified atom stereocenters. The van der Waals surface area contributed by atoms with Gasteiger partial charge in [-0.2, -0.15) is 0 Å². The molecule has 0 saturated carbocycles. The normalized spacial score (nSPS) is 16.4. The Morgan fingerprint density at radius 1 is 1.15 bits per heavy atom. The van der Waals surface area contributed by atoms with Crippen LogP contribution in [0.2, 0.25) is 5.02 Å². The largest absolute Gasteiger partial charge is 1.00 e. The smallest absolute Gasteiger partial charge is 0.550 e. The Labute approximate surface area is 218 Å². The summed E-state index contributed by atoms with van der Waals surface area (Å²) in [6, 6.07) is 10.9. The van der Waals surface area contributed by atoms with Crippen LogP contribution in [0.1, 0.15) is 24.9 Å². The molecule has 0 saturated heterocycles. The molecule has 2 atom stereocenters. The second-order valence-electron chi connectivity index (χ2n) is 7.41. The van der Waals surface area contributed by atoms with Gasteiger partial charge in [-0.3, -0.25) is 9.59 Å². The number of amides is 3. The van der Waals surface area contributed by atoms with Crippen LogP contribution >= 0.6 is 11.6 Å². The summed E-state index contributed by atoms with van der Waals surface area (Å²) in [6.45, 7) is 1.54. The number of likely N-dealkylation sites (N-methyl/N-ethyl adjacent to an activating group) is 1. The minimum atomic E-state index is -1.39. The van der Waals surface area contributed by atoms with E-state index in [2.05, 4.69) is 10.6 Å². The van der Waals surface area contributed by atoms with Crippen LogP contribution in [0.15, 0.2) is 60.3 Å². The Morgan fingerprint density at radius 2 is 1.85 bits per heavy atom. The van der Waals surface area contributed by atoms with Gasteiger partial charge >= 0.3 is 35.6 Å². The van der Waals surface area contributed by atoms with Crippen LogP contribution in [0.25, 0.3) is 11.1 Å². The average molecular weight is 478 g/mol. The van der Waals surface area contributed by atoms with Gasteiger partial charge in [0.15, 0.2) is 11.8 Å². The average Bonchev–Trinajstić information content (AvgIpc) is 2.75. The van der Waals surface area contributed by atoms with E-state index in [1.165, 1.54) is 25.1 Å². The van der Waals surface area contributed by atoms with Crippen LogP contribution in [0.4, 0.5) is 4.79 Å². The molecule has 0 radical (unpaired) electrons. The van der Waals surface area contributed by atoms with E-state index < -0.39 is 42.2 Å². The molecule has 1 aliphatic heterocycles. The molecule has 0 aliphatic carbocycles. The second kappa shape index (κ2) is 11.5. The summed E-state index contributed by atoms with van der Waals surface area (Å²) in [5.74, 6) is -2.49. The summed E-state index contributed by atoms with van der Waals surface area (Å²) in [5, 5.41) is 16.7. The number of benzene rings is 2. The molecule has 0 aromatic heterocycles. The first-order chi connectivity index (χ1) is 15.2. The molecule has 8 nitrogen and oxygen atoms in total. The molecule has 2 N–H and O–H groups in total. The van der Waals surface area contributed by atoms with Crippen molar-refractivity contribution in [1.29, 1.82) is 0 Å². The van der Waals surface area contributed by atoms with E-state index in [4.69, 9.17) is 11.6 Å². The zero-order valence-corrected chi connectivity index (χ0v) is 21.2. The number of rotatable bonds is 6. The van der Waals surface area contributed by atoms with Crippen molar-refractivity contribution in [3.63, 3.8) is 0 Å². The van der Waals surface area contributed by atoms with Gasteiger partial charge in [0, 0.05) is 41.8 Å². The van der Waals surface area contributed by atoms with Gasteiger partial charge in [0.25, 0.3) is 5.91 Å². The van der Waals surface area contributed by atoms with Crippen LogP contribution in [-0.4, -0.2) is 41.7 Å². The number of nitrogens with zero attached hydrogens (tertiary/aromatic N) is 1. The van der Waals surface area contributed by atoms with Gasteiger partial charge in [-0.15, -0.1) is 0 Å². The number of Topliss-reactive ketones (excluding diaryl/α,β-unsaturated/α-hetero) is 1. The minimum absolute atomic E-state index is 0. The molecule has 166 valence electrons. The number of hydrogen-bond acceptors (Lipinski definition) is 5. The Bertz CT molecular complexity index is 1120. The summed E-state index contributed by atoms with van der Waals surface area (Å²) in [5.41, 5.74) is 2.29. The number of ketones is 1. The molecule has 0 bridgehead atoms. The zero-order chi connectivity index (χ0) is 23.4. The van der Waals surface area contributed by atoms with Gasteiger partial charge < -0.3 is 25.4 Å². The van der Waals surface area contributed by atoms with Crippen molar-refractivity contribution in [2.24, 2.45) is 0 Å². The molecule has 10 heteroatoms. The Morgan fingerprint density at radius 3 is 2.52 bits per heavy atom. The Kier molecular flexibility index (Phi) is 9.25. The van der Waals surface area contributed by atoms with Gasteiger partial charge in [-0.05, 0) is 30.2 Å². The first-order valence-corrected chi connectivity index (χ1v) is 10.2. The van der Waals surface area contributed by atoms with Gasteiger partial charge in [-0.25, -0.2) is 4.79 Å². The van der Waals surface area contributed by atoms with Gasteiger partial charge in [0.2, 0.25) is 0 Å². The fourth-order valence-electron chi connectivity index (χ4n) is 3.46. The number of carbonyl (C=O) groups is 4. The van der Waals surface area contributed by atoms with Gasteiger partial charge in [-0.1, -0.05) is 48.0 Å². The molecule has 1 heterocycles. The quantitative estimate of drug-likeness (QED) is 0.400. The van der Waals surface area contributed by atoms with E-state index in [9.17, 15) is 24.3 Å². The van der Waals surface area contributed by atoms with E-state index in [1.807, 2.05) is 18.2 Å². The third-order valence-corrected chi connectivity index (χ3v) is 5.39. The minimum Gasteiger partial charge on any atom is -0.550 e. The van der Waals surface area contributed by atoms with Crippen molar-refractivity contribution in [2.45, 2.75) is 25.4 Å². The Hall–Kier alpha value is -2.65. The maximum absolute atomic E-state index is 12.6. The number of aliphatic carboxylic acids is 1. The second-order valence-corrected chi connectivity index (χ2v) is 7.82. The summed E-state index contributed by atoms with van der Waals surface area (Å²) < 4.78 is 0. The summed E-state index contributed by atoms with van der Waals surface area (Å²) in [7, 11) is 1.48. The maximum atomic E-state index is 12.6. The van der Waals surface area contributed by atoms with Crippen LogP contribution < -0.4 is 45.3 Å². The van der Waals surface area contributed by atoms with Crippen molar-refractivity contribution < 1.29 is 53.8 Å². The first-order valence-electron chi connectivity index (χ1n) is 9.78. The fourth-order valence-corrected chi connectivity index (χ4v) is 3.70. The molecule has 3 amide bonds. The van der Waals surface area contributed by atoms with Crippen LogP contribution in [0.3, 0.4) is 0 Å². The standard InChI is InChI=1S/C23H22ClN3O5.Na/c1-13-12-27(2)22(31)20(21(13)30)26-23(32)25-18(11-19(28)29)15-7-5-6-14(10-15)16-8-3-4-9-17(16)24;/h3-10,12,18,20H,11H2,1-2H3,(H,28,29)(H2,25,26,32);/q;+1/p-1. The number of carboxylic acids is 1. The number of hydrogen-bond donors (Lipinski definition) is 2.